The van der Waals surface area contributed by atoms with Gasteiger partial charge in [0.25, 0.3) is 5.91 Å². The predicted octanol–water partition coefficient (Wildman–Crippen LogP) is 3.55. The molecule has 0 saturated heterocycles. The molecule has 2 rings (SSSR count). The van der Waals surface area contributed by atoms with Crippen LogP contribution in [0.3, 0.4) is 0 Å². The fraction of sp³-hybridized carbons (Fsp3) is 0.167. The molecular weight excluding hydrogens is 309 g/mol. The molecule has 1 amide bonds. The van der Waals surface area contributed by atoms with E-state index in [1.165, 1.54) is 4.68 Å². The lowest BCUT2D eigenvalue weighted by Gasteiger charge is -2.09. The van der Waals surface area contributed by atoms with Crippen LogP contribution in [0.2, 0.25) is 15.1 Å². The maximum Gasteiger partial charge on any atom is 0.269 e. The Bertz CT molecular complexity index is 656. The maximum absolute atomic E-state index is 11.3. The summed E-state index contributed by atoms with van der Waals surface area (Å²) in [5, 5.41) is 5.28. The fourth-order valence-electron chi connectivity index (χ4n) is 1.77. The van der Waals surface area contributed by atoms with E-state index in [0.29, 0.717) is 26.3 Å². The third kappa shape index (κ3) is 2.43. The molecule has 7 heteroatoms. The lowest BCUT2D eigenvalue weighted by Crippen LogP contribution is -2.13. The first-order valence-corrected chi connectivity index (χ1v) is 6.47. The summed E-state index contributed by atoms with van der Waals surface area (Å²) in [6.45, 7) is 3.56. The van der Waals surface area contributed by atoms with E-state index in [1.54, 1.807) is 26.0 Å². The first-order valence-electron chi connectivity index (χ1n) is 5.34. The van der Waals surface area contributed by atoms with Crippen LogP contribution in [0, 0.1) is 13.8 Å². The summed E-state index contributed by atoms with van der Waals surface area (Å²) in [6.07, 6.45) is 0. The van der Waals surface area contributed by atoms with Gasteiger partial charge in [-0.1, -0.05) is 34.8 Å². The van der Waals surface area contributed by atoms with Gasteiger partial charge in [0.1, 0.15) is 5.69 Å². The highest BCUT2D eigenvalue weighted by Crippen LogP contribution is 2.33. The minimum Gasteiger partial charge on any atom is -0.364 e. The van der Waals surface area contributed by atoms with Crippen LogP contribution in [0.15, 0.2) is 12.1 Å². The Hall–Kier alpha value is -1.23. The molecule has 2 N–H and O–H groups in total. The van der Waals surface area contributed by atoms with Crippen LogP contribution in [-0.2, 0) is 0 Å². The Morgan fingerprint density at radius 3 is 2.16 bits per heavy atom. The third-order valence-electron chi connectivity index (χ3n) is 2.84. The number of benzene rings is 1. The molecule has 2 aromatic rings. The molecular formula is C12H10Cl3N3O. The van der Waals surface area contributed by atoms with E-state index < -0.39 is 5.91 Å². The first-order chi connectivity index (χ1) is 8.82. The standard InChI is InChI=1S/C12H10Cl3N3O/c1-5-6(2)18(17-10(5)12(16)19)11-8(14)3-7(13)4-9(11)15/h3-4H,1-2H3,(H2,16,19). The number of primary amides is 1. The lowest BCUT2D eigenvalue weighted by atomic mass is 10.2. The average Bonchev–Trinajstić information content (AvgIpc) is 2.56. The van der Waals surface area contributed by atoms with Crippen molar-refractivity contribution in [3.63, 3.8) is 0 Å². The van der Waals surface area contributed by atoms with Gasteiger partial charge in [0.05, 0.1) is 10.0 Å². The van der Waals surface area contributed by atoms with Crippen LogP contribution in [-0.4, -0.2) is 15.7 Å². The molecule has 0 aliphatic rings. The average molecular weight is 319 g/mol. The van der Waals surface area contributed by atoms with Crippen LogP contribution in [0.25, 0.3) is 5.69 Å². The Balaban J connectivity index is 2.73. The quantitative estimate of drug-likeness (QED) is 0.920. The normalized spacial score (nSPS) is 10.8. The van der Waals surface area contributed by atoms with Crippen LogP contribution in [0.5, 0.6) is 0 Å². The highest BCUT2D eigenvalue weighted by atomic mass is 35.5. The Kier molecular flexibility index (Phi) is 3.76. The zero-order chi connectivity index (χ0) is 14.3. The number of carbonyl (C=O) groups excluding carboxylic acids is 1. The Morgan fingerprint density at radius 2 is 1.74 bits per heavy atom. The van der Waals surface area contributed by atoms with Gasteiger partial charge >= 0.3 is 0 Å². The van der Waals surface area contributed by atoms with Crippen molar-refractivity contribution < 1.29 is 4.79 Å². The Morgan fingerprint density at radius 1 is 1.21 bits per heavy atom. The summed E-state index contributed by atoms with van der Waals surface area (Å²) >= 11 is 18.1. The van der Waals surface area contributed by atoms with Gasteiger partial charge in [-0.2, -0.15) is 5.10 Å². The third-order valence-corrected chi connectivity index (χ3v) is 3.64. The van der Waals surface area contributed by atoms with E-state index in [0.717, 1.165) is 5.69 Å². The highest BCUT2D eigenvalue weighted by Gasteiger charge is 2.19. The predicted molar refractivity (Wildman–Crippen MR) is 76.6 cm³/mol. The SMILES string of the molecule is Cc1c(C(N)=O)nn(-c2c(Cl)cc(Cl)cc2Cl)c1C. The molecule has 100 valence electrons. The molecule has 0 radical (unpaired) electrons. The molecule has 0 atom stereocenters. The summed E-state index contributed by atoms with van der Waals surface area (Å²) < 4.78 is 1.50. The zero-order valence-corrected chi connectivity index (χ0v) is 12.4. The molecule has 4 nitrogen and oxygen atoms in total. The summed E-state index contributed by atoms with van der Waals surface area (Å²) in [5.74, 6) is -0.597. The number of hydrogen-bond acceptors (Lipinski definition) is 2. The van der Waals surface area contributed by atoms with Crippen molar-refractivity contribution in [2.24, 2.45) is 5.73 Å². The second-order valence-electron chi connectivity index (χ2n) is 4.05. The highest BCUT2D eigenvalue weighted by molar-refractivity contribution is 6.40. The van der Waals surface area contributed by atoms with Crippen LogP contribution < -0.4 is 5.73 Å². The molecule has 0 aliphatic heterocycles. The summed E-state index contributed by atoms with van der Waals surface area (Å²) in [6, 6.07) is 3.12. The smallest absolute Gasteiger partial charge is 0.269 e. The number of hydrogen-bond donors (Lipinski definition) is 1. The molecule has 0 unspecified atom stereocenters. The molecule has 1 aromatic heterocycles. The minimum absolute atomic E-state index is 0.194. The molecule has 1 heterocycles. The van der Waals surface area contributed by atoms with Crippen molar-refractivity contribution in [3.8, 4) is 5.69 Å². The van der Waals surface area contributed by atoms with Gasteiger partial charge in [-0.15, -0.1) is 0 Å². The second kappa shape index (κ2) is 5.04. The summed E-state index contributed by atoms with van der Waals surface area (Å²) in [4.78, 5) is 11.3. The molecule has 1 aromatic carbocycles. The number of halogens is 3. The van der Waals surface area contributed by atoms with Gasteiger partial charge in [0, 0.05) is 16.3 Å². The maximum atomic E-state index is 11.3. The van der Waals surface area contributed by atoms with Gasteiger partial charge in [0.15, 0.2) is 5.69 Å². The monoisotopic (exact) mass is 317 g/mol. The number of carbonyl (C=O) groups is 1. The lowest BCUT2D eigenvalue weighted by molar-refractivity contribution is 0.0994. The van der Waals surface area contributed by atoms with E-state index in [9.17, 15) is 4.79 Å². The van der Waals surface area contributed by atoms with Crippen molar-refractivity contribution >= 4 is 40.7 Å². The number of nitrogens with zero attached hydrogens (tertiary/aromatic N) is 2. The van der Waals surface area contributed by atoms with Crippen molar-refractivity contribution in [2.75, 3.05) is 0 Å². The molecule has 19 heavy (non-hydrogen) atoms. The Labute approximate surface area is 125 Å². The summed E-state index contributed by atoms with van der Waals surface area (Å²) in [7, 11) is 0. The molecule has 0 aliphatic carbocycles. The van der Waals surface area contributed by atoms with Gasteiger partial charge in [-0.3, -0.25) is 4.79 Å². The number of amides is 1. The fourth-order valence-corrected chi connectivity index (χ4v) is 2.75. The van der Waals surface area contributed by atoms with Crippen molar-refractivity contribution in [3.05, 3.63) is 44.2 Å². The number of rotatable bonds is 2. The van der Waals surface area contributed by atoms with Crippen LogP contribution in [0.1, 0.15) is 21.7 Å². The molecule has 0 saturated carbocycles. The number of aromatic nitrogens is 2. The van der Waals surface area contributed by atoms with Crippen molar-refractivity contribution in [1.29, 1.82) is 0 Å². The van der Waals surface area contributed by atoms with Gasteiger partial charge < -0.3 is 5.73 Å². The van der Waals surface area contributed by atoms with Crippen LogP contribution in [0.4, 0.5) is 0 Å². The zero-order valence-electron chi connectivity index (χ0n) is 10.2. The largest absolute Gasteiger partial charge is 0.364 e. The van der Waals surface area contributed by atoms with Crippen molar-refractivity contribution in [1.82, 2.24) is 9.78 Å². The molecule has 0 spiro atoms. The summed E-state index contributed by atoms with van der Waals surface area (Å²) in [5.41, 5.74) is 7.37. The van der Waals surface area contributed by atoms with E-state index in [-0.39, 0.29) is 5.69 Å². The van der Waals surface area contributed by atoms with E-state index >= 15 is 0 Å². The van der Waals surface area contributed by atoms with E-state index in [4.69, 9.17) is 40.5 Å². The molecule has 0 bridgehead atoms. The molecule has 0 fully saturated rings. The topological polar surface area (TPSA) is 60.9 Å². The van der Waals surface area contributed by atoms with Gasteiger partial charge in [-0.25, -0.2) is 4.68 Å². The first kappa shape index (κ1) is 14.2. The van der Waals surface area contributed by atoms with E-state index in [2.05, 4.69) is 5.10 Å². The van der Waals surface area contributed by atoms with Crippen molar-refractivity contribution in [2.45, 2.75) is 13.8 Å². The van der Waals surface area contributed by atoms with Gasteiger partial charge in [-0.05, 0) is 26.0 Å². The van der Waals surface area contributed by atoms with Gasteiger partial charge in [0.2, 0.25) is 0 Å². The van der Waals surface area contributed by atoms with E-state index in [1.807, 2.05) is 0 Å². The second-order valence-corrected chi connectivity index (χ2v) is 5.30. The minimum atomic E-state index is -0.597. The number of nitrogens with two attached hydrogens (primary N) is 1. The van der Waals surface area contributed by atoms with Crippen LogP contribution >= 0.6 is 34.8 Å².